The van der Waals surface area contributed by atoms with E-state index in [4.69, 9.17) is 9.47 Å². The van der Waals surface area contributed by atoms with Crippen LogP contribution in [0.3, 0.4) is 0 Å². The molecule has 6 heteroatoms. The lowest BCUT2D eigenvalue weighted by Crippen LogP contribution is -2.05. The number of hydrogen-bond acceptors (Lipinski definition) is 6. The minimum Gasteiger partial charge on any atom is -0.456 e. The monoisotopic (exact) mass is 384 g/mol. The Hall–Kier alpha value is -3.77. The number of hydrogen-bond donors (Lipinski definition) is 1. The maximum atomic E-state index is 6.13. The van der Waals surface area contributed by atoms with Gasteiger partial charge in [0.25, 0.3) is 0 Å². The van der Waals surface area contributed by atoms with Crippen molar-refractivity contribution in [2.75, 3.05) is 7.05 Å². The van der Waals surface area contributed by atoms with Gasteiger partial charge in [-0.25, -0.2) is 0 Å². The van der Waals surface area contributed by atoms with Gasteiger partial charge in [0.1, 0.15) is 23.0 Å². The van der Waals surface area contributed by atoms with Gasteiger partial charge >= 0.3 is 0 Å². The largest absolute Gasteiger partial charge is 0.456 e. The van der Waals surface area contributed by atoms with Crippen LogP contribution >= 0.6 is 0 Å². The number of benzene rings is 1. The van der Waals surface area contributed by atoms with Crippen molar-refractivity contribution in [3.05, 3.63) is 91.1 Å². The lowest BCUT2D eigenvalue weighted by molar-refractivity contribution is 0.459. The molecular formula is C23H20N4O2. The van der Waals surface area contributed by atoms with Gasteiger partial charge in [0, 0.05) is 36.8 Å². The third-order valence-electron chi connectivity index (χ3n) is 4.17. The van der Waals surface area contributed by atoms with E-state index >= 15 is 0 Å². The summed E-state index contributed by atoms with van der Waals surface area (Å²) in [6.07, 6.45) is 8.55. The topological polar surface area (TPSA) is 69.2 Å². The van der Waals surface area contributed by atoms with Crippen LogP contribution in [0.15, 0.2) is 85.6 Å². The van der Waals surface area contributed by atoms with E-state index in [2.05, 4.69) is 20.3 Å². The first-order valence-electron chi connectivity index (χ1n) is 9.21. The van der Waals surface area contributed by atoms with Crippen LogP contribution in [0.1, 0.15) is 5.56 Å². The standard InChI is InChI=1S/C23H20N4O2/c1-24-14-17-8-11-27-22(12-17)21-7-6-18(28-19-4-2-9-25-15-19)13-23(21)29-20-5-3-10-26-16-20/h2-13,15-16,24H,14H2,1H3. The molecule has 0 aliphatic heterocycles. The second-order valence-electron chi connectivity index (χ2n) is 6.32. The Kier molecular flexibility index (Phi) is 5.73. The summed E-state index contributed by atoms with van der Waals surface area (Å²) < 4.78 is 12.0. The number of aromatic nitrogens is 3. The van der Waals surface area contributed by atoms with E-state index < -0.39 is 0 Å². The Morgan fingerprint density at radius 1 is 0.793 bits per heavy atom. The summed E-state index contributed by atoms with van der Waals surface area (Å²) in [5, 5.41) is 3.16. The fourth-order valence-corrected chi connectivity index (χ4v) is 2.88. The highest BCUT2D eigenvalue weighted by atomic mass is 16.5. The van der Waals surface area contributed by atoms with E-state index in [0.29, 0.717) is 23.0 Å². The second-order valence-corrected chi connectivity index (χ2v) is 6.32. The summed E-state index contributed by atoms with van der Waals surface area (Å²) in [6.45, 7) is 0.760. The summed E-state index contributed by atoms with van der Waals surface area (Å²) >= 11 is 0. The molecule has 1 N–H and O–H groups in total. The van der Waals surface area contributed by atoms with Gasteiger partial charge in [-0.1, -0.05) is 0 Å². The van der Waals surface area contributed by atoms with Crippen molar-refractivity contribution in [3.8, 4) is 34.3 Å². The van der Waals surface area contributed by atoms with Crippen molar-refractivity contribution in [1.82, 2.24) is 20.3 Å². The molecule has 3 aromatic heterocycles. The zero-order valence-corrected chi connectivity index (χ0v) is 15.9. The van der Waals surface area contributed by atoms with Crippen molar-refractivity contribution < 1.29 is 9.47 Å². The minimum atomic E-state index is 0.633. The molecule has 0 radical (unpaired) electrons. The Morgan fingerprint density at radius 3 is 2.24 bits per heavy atom. The molecule has 0 amide bonds. The molecule has 0 bridgehead atoms. The van der Waals surface area contributed by atoms with Gasteiger partial charge in [-0.05, 0) is 61.1 Å². The Balaban J connectivity index is 1.72. The van der Waals surface area contributed by atoms with Crippen molar-refractivity contribution in [2.45, 2.75) is 6.54 Å². The first-order chi connectivity index (χ1) is 14.3. The molecule has 29 heavy (non-hydrogen) atoms. The van der Waals surface area contributed by atoms with Crippen LogP contribution in [0.25, 0.3) is 11.3 Å². The van der Waals surface area contributed by atoms with Gasteiger partial charge in [0.15, 0.2) is 0 Å². The zero-order chi connectivity index (χ0) is 19.9. The molecule has 0 saturated carbocycles. The summed E-state index contributed by atoms with van der Waals surface area (Å²) in [5.41, 5.74) is 2.83. The Labute approximate surface area is 169 Å². The van der Waals surface area contributed by atoms with Gasteiger partial charge in [-0.15, -0.1) is 0 Å². The van der Waals surface area contributed by atoms with Gasteiger partial charge < -0.3 is 14.8 Å². The first-order valence-corrected chi connectivity index (χ1v) is 9.21. The fraction of sp³-hybridized carbons (Fsp3) is 0.0870. The third kappa shape index (κ3) is 4.75. The summed E-state index contributed by atoms with van der Waals surface area (Å²) in [6, 6.07) is 17.1. The highest BCUT2D eigenvalue weighted by Gasteiger charge is 2.12. The Bertz CT molecular complexity index is 1070. The Morgan fingerprint density at radius 2 is 1.55 bits per heavy atom. The molecule has 0 aliphatic rings. The van der Waals surface area contributed by atoms with E-state index in [-0.39, 0.29) is 0 Å². The van der Waals surface area contributed by atoms with Crippen molar-refractivity contribution in [3.63, 3.8) is 0 Å². The van der Waals surface area contributed by atoms with Crippen molar-refractivity contribution in [1.29, 1.82) is 0 Å². The van der Waals surface area contributed by atoms with Crippen LogP contribution in [-0.4, -0.2) is 22.0 Å². The molecule has 144 valence electrons. The van der Waals surface area contributed by atoms with Crippen molar-refractivity contribution >= 4 is 0 Å². The maximum Gasteiger partial charge on any atom is 0.145 e. The first kappa shape index (κ1) is 18.6. The highest BCUT2D eigenvalue weighted by Crippen LogP contribution is 2.36. The van der Waals surface area contributed by atoms with Crippen LogP contribution in [0.4, 0.5) is 0 Å². The van der Waals surface area contributed by atoms with E-state index in [9.17, 15) is 0 Å². The predicted octanol–water partition coefficient (Wildman–Crippen LogP) is 4.84. The lowest BCUT2D eigenvalue weighted by Gasteiger charge is -2.14. The average Bonchev–Trinajstić information content (AvgIpc) is 2.76. The lowest BCUT2D eigenvalue weighted by atomic mass is 10.1. The number of nitrogens with zero attached hydrogens (tertiary/aromatic N) is 3. The van der Waals surface area contributed by atoms with Crippen LogP contribution in [0.2, 0.25) is 0 Å². The SMILES string of the molecule is CNCc1ccnc(-c2ccc(Oc3cccnc3)cc2Oc2cccnc2)c1. The van der Waals surface area contributed by atoms with Crippen molar-refractivity contribution in [2.24, 2.45) is 0 Å². The van der Waals surface area contributed by atoms with Crippen LogP contribution in [-0.2, 0) is 6.54 Å². The predicted molar refractivity (Wildman–Crippen MR) is 111 cm³/mol. The number of pyridine rings is 3. The quantitative estimate of drug-likeness (QED) is 0.492. The van der Waals surface area contributed by atoms with E-state index in [1.807, 2.05) is 61.6 Å². The molecule has 0 atom stereocenters. The van der Waals surface area contributed by atoms with E-state index in [1.54, 1.807) is 31.0 Å². The number of nitrogens with one attached hydrogen (secondary N) is 1. The van der Waals surface area contributed by atoms with Gasteiger partial charge in [0.05, 0.1) is 18.1 Å². The molecule has 0 aliphatic carbocycles. The smallest absolute Gasteiger partial charge is 0.145 e. The molecule has 1 aromatic carbocycles. The molecule has 0 unspecified atom stereocenters. The average molecular weight is 384 g/mol. The molecule has 4 rings (SSSR count). The maximum absolute atomic E-state index is 6.13. The third-order valence-corrected chi connectivity index (χ3v) is 4.17. The number of ether oxygens (including phenoxy) is 2. The summed E-state index contributed by atoms with van der Waals surface area (Å²) in [4.78, 5) is 12.7. The molecule has 0 spiro atoms. The normalized spacial score (nSPS) is 10.5. The van der Waals surface area contributed by atoms with Gasteiger partial charge in [-0.2, -0.15) is 0 Å². The van der Waals surface area contributed by atoms with Crippen LogP contribution in [0, 0.1) is 0 Å². The molecule has 0 fully saturated rings. The number of rotatable bonds is 7. The van der Waals surface area contributed by atoms with E-state index in [1.165, 1.54) is 0 Å². The molecule has 4 aromatic rings. The molecule has 6 nitrogen and oxygen atoms in total. The minimum absolute atomic E-state index is 0.633. The highest BCUT2D eigenvalue weighted by molar-refractivity contribution is 5.69. The summed E-state index contributed by atoms with van der Waals surface area (Å²) in [7, 11) is 1.92. The van der Waals surface area contributed by atoms with Gasteiger partial charge in [0.2, 0.25) is 0 Å². The van der Waals surface area contributed by atoms with E-state index in [0.717, 1.165) is 23.4 Å². The van der Waals surface area contributed by atoms with Crippen LogP contribution < -0.4 is 14.8 Å². The zero-order valence-electron chi connectivity index (χ0n) is 15.9. The molecular weight excluding hydrogens is 364 g/mol. The van der Waals surface area contributed by atoms with Crippen LogP contribution in [0.5, 0.6) is 23.0 Å². The molecule has 0 saturated heterocycles. The molecule has 3 heterocycles. The van der Waals surface area contributed by atoms with Gasteiger partial charge in [-0.3, -0.25) is 15.0 Å². The fourth-order valence-electron chi connectivity index (χ4n) is 2.88. The second kappa shape index (κ2) is 8.95. The summed E-state index contributed by atoms with van der Waals surface area (Å²) in [5.74, 6) is 2.57.